The minimum Gasteiger partial charge on any atom is -0.430 e. The molecule has 1 heterocycles. The first-order valence-electron chi connectivity index (χ1n) is 6.04. The summed E-state index contributed by atoms with van der Waals surface area (Å²) in [7, 11) is 0. The maximum atomic E-state index is 5.98. The third-order valence-electron chi connectivity index (χ3n) is 3.12. The van der Waals surface area contributed by atoms with E-state index in [1.807, 2.05) is 50.2 Å². The molecule has 0 aliphatic rings. The number of nitrogen functional groups attached to an aromatic ring is 1. The molecular weight excluding hydrogens is 256 g/mol. The number of nitrogens with zero attached hydrogens (tertiary/aromatic N) is 1. The van der Waals surface area contributed by atoms with Gasteiger partial charge >= 0.3 is 0 Å². The molecule has 3 rings (SSSR count). The Morgan fingerprint density at radius 2 is 1.79 bits per heavy atom. The van der Waals surface area contributed by atoms with Crippen LogP contribution in [-0.2, 0) is 0 Å². The van der Waals surface area contributed by atoms with Gasteiger partial charge < -0.3 is 10.5 Å². The molecule has 0 bridgehead atoms. The van der Waals surface area contributed by atoms with Crippen LogP contribution in [0, 0.1) is 13.8 Å². The number of rotatable bonds is 2. The number of hydrogen-bond acceptors (Lipinski definition) is 4. The van der Waals surface area contributed by atoms with Gasteiger partial charge in [0.1, 0.15) is 5.75 Å². The zero-order valence-electron chi connectivity index (χ0n) is 10.8. The van der Waals surface area contributed by atoms with Crippen LogP contribution < -0.4 is 10.5 Å². The Labute approximate surface area is 115 Å². The van der Waals surface area contributed by atoms with Crippen LogP contribution in [0.5, 0.6) is 10.9 Å². The Kier molecular flexibility index (Phi) is 2.87. The van der Waals surface area contributed by atoms with Crippen molar-refractivity contribution >= 4 is 27.8 Å². The van der Waals surface area contributed by atoms with Gasteiger partial charge in [-0.2, -0.15) is 0 Å². The average molecular weight is 270 g/mol. The molecule has 0 amide bonds. The summed E-state index contributed by atoms with van der Waals surface area (Å²) in [5, 5.41) is 2.68. The van der Waals surface area contributed by atoms with Crippen molar-refractivity contribution < 1.29 is 4.74 Å². The van der Waals surface area contributed by atoms with Crippen LogP contribution in [0.25, 0.3) is 10.8 Å². The second kappa shape index (κ2) is 4.55. The van der Waals surface area contributed by atoms with Gasteiger partial charge in [-0.1, -0.05) is 35.6 Å². The summed E-state index contributed by atoms with van der Waals surface area (Å²) in [6.45, 7) is 4.03. The number of ether oxygens (including phenoxy) is 1. The van der Waals surface area contributed by atoms with E-state index in [-0.39, 0.29) is 0 Å². The number of benzene rings is 2. The third kappa shape index (κ3) is 2.15. The number of anilines is 1. The van der Waals surface area contributed by atoms with Crippen molar-refractivity contribution in [2.24, 2.45) is 0 Å². The highest BCUT2D eigenvalue weighted by atomic mass is 32.1. The number of nitrogens with two attached hydrogens (primary N) is 1. The van der Waals surface area contributed by atoms with Gasteiger partial charge in [-0.25, -0.2) is 4.98 Å². The first-order chi connectivity index (χ1) is 9.15. The number of thiazole rings is 1. The van der Waals surface area contributed by atoms with Crippen molar-refractivity contribution in [3.05, 3.63) is 47.0 Å². The van der Waals surface area contributed by atoms with Gasteiger partial charge in [0.05, 0.1) is 5.69 Å². The van der Waals surface area contributed by atoms with Crippen molar-refractivity contribution in [2.45, 2.75) is 13.8 Å². The van der Waals surface area contributed by atoms with Crippen molar-refractivity contribution in [1.29, 1.82) is 0 Å². The second-order valence-corrected chi connectivity index (χ2v) is 5.59. The van der Waals surface area contributed by atoms with Crippen LogP contribution in [0.2, 0.25) is 0 Å². The highest BCUT2D eigenvalue weighted by Crippen LogP contribution is 2.35. The van der Waals surface area contributed by atoms with E-state index < -0.39 is 0 Å². The third-order valence-corrected chi connectivity index (χ3v) is 4.07. The molecule has 0 aliphatic carbocycles. The predicted octanol–water partition coefficient (Wildman–Crippen LogP) is 4.29. The maximum Gasteiger partial charge on any atom is 0.279 e. The molecular formula is C15H14N2OS. The lowest BCUT2D eigenvalue weighted by Crippen LogP contribution is -1.90. The van der Waals surface area contributed by atoms with Crippen LogP contribution >= 0.6 is 11.3 Å². The van der Waals surface area contributed by atoms with Crippen LogP contribution in [0.15, 0.2) is 36.4 Å². The van der Waals surface area contributed by atoms with Gasteiger partial charge in [-0.05, 0) is 26.0 Å². The maximum absolute atomic E-state index is 5.98. The van der Waals surface area contributed by atoms with E-state index >= 15 is 0 Å². The molecule has 0 fully saturated rings. The second-order valence-electron chi connectivity index (χ2n) is 4.42. The van der Waals surface area contributed by atoms with E-state index in [4.69, 9.17) is 10.5 Å². The summed E-state index contributed by atoms with van der Waals surface area (Å²) in [5.74, 6) is 0.790. The van der Waals surface area contributed by atoms with Crippen LogP contribution in [0.3, 0.4) is 0 Å². The highest BCUT2D eigenvalue weighted by Gasteiger charge is 2.09. The van der Waals surface area contributed by atoms with E-state index in [9.17, 15) is 0 Å². The molecule has 96 valence electrons. The summed E-state index contributed by atoms with van der Waals surface area (Å²) in [6.07, 6.45) is 0. The quantitative estimate of drug-likeness (QED) is 0.707. The van der Waals surface area contributed by atoms with Crippen molar-refractivity contribution in [3.8, 4) is 10.9 Å². The van der Waals surface area contributed by atoms with Gasteiger partial charge in [-0.3, -0.25) is 0 Å². The Hall–Kier alpha value is -2.07. The van der Waals surface area contributed by atoms with Crippen molar-refractivity contribution in [3.63, 3.8) is 0 Å². The largest absolute Gasteiger partial charge is 0.430 e. The van der Waals surface area contributed by atoms with Crippen molar-refractivity contribution in [2.75, 3.05) is 5.73 Å². The Bertz CT molecular complexity index is 729. The zero-order chi connectivity index (χ0) is 13.4. The number of aryl methyl sites for hydroxylation is 2. The van der Waals surface area contributed by atoms with E-state index in [0.29, 0.717) is 5.19 Å². The molecule has 19 heavy (non-hydrogen) atoms. The monoisotopic (exact) mass is 270 g/mol. The number of aromatic nitrogens is 1. The summed E-state index contributed by atoms with van der Waals surface area (Å²) in [4.78, 5) is 5.58. The van der Waals surface area contributed by atoms with Crippen LogP contribution in [0.1, 0.15) is 10.6 Å². The normalized spacial score (nSPS) is 10.8. The van der Waals surface area contributed by atoms with E-state index in [2.05, 4.69) is 4.98 Å². The smallest absolute Gasteiger partial charge is 0.279 e. The zero-order valence-corrected chi connectivity index (χ0v) is 11.6. The summed E-state index contributed by atoms with van der Waals surface area (Å²) in [6, 6.07) is 11.7. The summed E-state index contributed by atoms with van der Waals surface area (Å²) < 4.78 is 5.90. The topological polar surface area (TPSA) is 48.1 Å². The Morgan fingerprint density at radius 1 is 1.05 bits per heavy atom. The van der Waals surface area contributed by atoms with Gasteiger partial charge in [0.2, 0.25) is 0 Å². The molecule has 0 saturated carbocycles. The lowest BCUT2D eigenvalue weighted by molar-refractivity contribution is 0.483. The highest BCUT2D eigenvalue weighted by molar-refractivity contribution is 7.13. The molecule has 3 nitrogen and oxygen atoms in total. The molecule has 0 radical (unpaired) electrons. The Morgan fingerprint density at radius 3 is 2.47 bits per heavy atom. The molecule has 0 aliphatic heterocycles. The molecule has 0 spiro atoms. The van der Waals surface area contributed by atoms with E-state index in [0.717, 1.165) is 27.9 Å². The summed E-state index contributed by atoms with van der Waals surface area (Å²) >= 11 is 1.56. The van der Waals surface area contributed by atoms with Gasteiger partial charge in [0.25, 0.3) is 5.19 Å². The van der Waals surface area contributed by atoms with Gasteiger partial charge in [-0.15, -0.1) is 0 Å². The van der Waals surface area contributed by atoms with Crippen molar-refractivity contribution in [1.82, 2.24) is 4.98 Å². The molecule has 3 aromatic rings. The van der Waals surface area contributed by atoms with Crippen LogP contribution in [0.4, 0.5) is 5.69 Å². The van der Waals surface area contributed by atoms with Gasteiger partial charge in [0, 0.05) is 21.3 Å². The molecule has 0 atom stereocenters. The molecule has 4 heteroatoms. The molecule has 0 unspecified atom stereocenters. The fourth-order valence-electron chi connectivity index (χ4n) is 1.96. The molecule has 1 aromatic heterocycles. The number of hydrogen-bond donors (Lipinski definition) is 1. The minimum absolute atomic E-state index is 0.671. The lowest BCUT2D eigenvalue weighted by atomic mass is 10.1. The minimum atomic E-state index is 0.671. The summed E-state index contributed by atoms with van der Waals surface area (Å²) in [5.41, 5.74) is 7.75. The lowest BCUT2D eigenvalue weighted by Gasteiger charge is -2.08. The van der Waals surface area contributed by atoms with E-state index in [1.165, 1.54) is 4.88 Å². The molecule has 0 saturated heterocycles. The first kappa shape index (κ1) is 12.0. The first-order valence-corrected chi connectivity index (χ1v) is 6.86. The fraction of sp³-hybridized carbons (Fsp3) is 0.133. The predicted molar refractivity (Wildman–Crippen MR) is 80.0 cm³/mol. The van der Waals surface area contributed by atoms with Gasteiger partial charge in [0.15, 0.2) is 0 Å². The average Bonchev–Trinajstić information content (AvgIpc) is 2.72. The Balaban J connectivity index is 2.08. The standard InChI is InChI=1S/C15H14N2OS/c1-9-10(2)19-15(17-9)18-14-8-7-13(16)11-5-3-4-6-12(11)14/h3-8H,16H2,1-2H3. The molecule has 2 aromatic carbocycles. The van der Waals surface area contributed by atoms with Crippen LogP contribution in [-0.4, -0.2) is 4.98 Å². The fourth-order valence-corrected chi connectivity index (χ4v) is 2.73. The SMILES string of the molecule is Cc1nc(Oc2ccc(N)c3ccccc23)sc1C. The number of fused-ring (bicyclic) bond motifs is 1. The van der Waals surface area contributed by atoms with E-state index in [1.54, 1.807) is 11.3 Å². The molecule has 2 N–H and O–H groups in total.